The van der Waals surface area contributed by atoms with Gasteiger partial charge in [0.15, 0.2) is 0 Å². The molecule has 2 atom stereocenters. The summed E-state index contributed by atoms with van der Waals surface area (Å²) in [5.74, 6) is -1.73. The maximum Gasteiger partial charge on any atom is 0.311 e. The molecule has 1 aliphatic carbocycles. The average Bonchev–Trinajstić information content (AvgIpc) is 2.75. The molecule has 1 aromatic carbocycles. The third kappa shape index (κ3) is 2.70. The second kappa shape index (κ2) is 5.52. The minimum absolute atomic E-state index is 0.206. The Labute approximate surface area is 124 Å². The van der Waals surface area contributed by atoms with Gasteiger partial charge in [0.25, 0.3) is 5.91 Å². The SMILES string of the molecule is CC1(C(=O)O)CCCC1NC(=O)c1ccc(F)c(Br)c1. The van der Waals surface area contributed by atoms with Crippen molar-refractivity contribution >= 4 is 27.8 Å². The lowest BCUT2D eigenvalue weighted by Gasteiger charge is -2.27. The minimum atomic E-state index is -0.938. The molecule has 1 aliphatic rings. The van der Waals surface area contributed by atoms with E-state index < -0.39 is 23.2 Å². The largest absolute Gasteiger partial charge is 0.481 e. The summed E-state index contributed by atoms with van der Waals surface area (Å²) in [4.78, 5) is 23.5. The number of nitrogens with one attached hydrogen (secondary N) is 1. The maximum absolute atomic E-state index is 13.1. The number of hydrogen-bond donors (Lipinski definition) is 2. The van der Waals surface area contributed by atoms with E-state index in [1.807, 2.05) is 0 Å². The molecule has 2 unspecified atom stereocenters. The number of benzene rings is 1. The van der Waals surface area contributed by atoms with Crippen LogP contribution in [0.3, 0.4) is 0 Å². The lowest BCUT2D eigenvalue weighted by Crippen LogP contribution is -2.47. The Kier molecular flexibility index (Phi) is 4.13. The van der Waals surface area contributed by atoms with Gasteiger partial charge >= 0.3 is 5.97 Å². The lowest BCUT2D eigenvalue weighted by atomic mass is 9.85. The van der Waals surface area contributed by atoms with E-state index >= 15 is 0 Å². The molecule has 0 bridgehead atoms. The van der Waals surface area contributed by atoms with Crippen molar-refractivity contribution in [2.75, 3.05) is 0 Å². The molecule has 0 heterocycles. The van der Waals surface area contributed by atoms with Crippen molar-refractivity contribution in [3.8, 4) is 0 Å². The van der Waals surface area contributed by atoms with Crippen LogP contribution < -0.4 is 5.32 Å². The fourth-order valence-electron chi connectivity index (χ4n) is 2.53. The van der Waals surface area contributed by atoms with Crippen molar-refractivity contribution < 1.29 is 19.1 Å². The summed E-state index contributed by atoms with van der Waals surface area (Å²) in [5, 5.41) is 12.0. The number of carboxylic acid groups (broad SMARTS) is 1. The first-order valence-electron chi connectivity index (χ1n) is 6.34. The van der Waals surface area contributed by atoms with Gasteiger partial charge in [-0.25, -0.2) is 4.39 Å². The molecule has 0 radical (unpaired) electrons. The quantitative estimate of drug-likeness (QED) is 0.886. The standard InChI is InChI=1S/C14H15BrFNO3/c1-14(13(19)20)6-2-3-11(14)17-12(18)8-4-5-10(16)9(15)7-8/h4-5,7,11H,2-3,6H2,1H3,(H,17,18)(H,19,20). The van der Waals surface area contributed by atoms with Gasteiger partial charge in [-0.2, -0.15) is 0 Å². The molecule has 1 amide bonds. The van der Waals surface area contributed by atoms with Gasteiger partial charge < -0.3 is 10.4 Å². The predicted molar refractivity (Wildman–Crippen MR) is 74.9 cm³/mol. The Balaban J connectivity index is 2.15. The smallest absolute Gasteiger partial charge is 0.311 e. The van der Waals surface area contributed by atoms with Gasteiger partial charge in [-0.15, -0.1) is 0 Å². The molecule has 0 aliphatic heterocycles. The van der Waals surface area contributed by atoms with E-state index in [1.54, 1.807) is 6.92 Å². The lowest BCUT2D eigenvalue weighted by molar-refractivity contribution is -0.148. The molecule has 108 valence electrons. The fourth-order valence-corrected chi connectivity index (χ4v) is 2.91. The molecule has 0 spiro atoms. The first-order valence-corrected chi connectivity index (χ1v) is 7.13. The highest BCUT2D eigenvalue weighted by molar-refractivity contribution is 9.10. The van der Waals surface area contributed by atoms with Crippen molar-refractivity contribution in [1.29, 1.82) is 0 Å². The number of amides is 1. The monoisotopic (exact) mass is 343 g/mol. The molecule has 6 heteroatoms. The normalized spacial score (nSPS) is 25.4. The van der Waals surface area contributed by atoms with Gasteiger partial charge in [-0.3, -0.25) is 9.59 Å². The number of carbonyl (C=O) groups excluding carboxylic acids is 1. The van der Waals surface area contributed by atoms with Gasteiger partial charge in [0, 0.05) is 11.6 Å². The zero-order chi connectivity index (χ0) is 14.9. The highest BCUT2D eigenvalue weighted by atomic mass is 79.9. The molecule has 1 fully saturated rings. The maximum atomic E-state index is 13.1. The number of carboxylic acids is 1. The van der Waals surface area contributed by atoms with Crippen LogP contribution in [0.2, 0.25) is 0 Å². The van der Waals surface area contributed by atoms with Crippen LogP contribution in [0.15, 0.2) is 22.7 Å². The third-order valence-corrected chi connectivity index (χ3v) is 4.54. The Morgan fingerprint density at radius 1 is 1.50 bits per heavy atom. The van der Waals surface area contributed by atoms with Gasteiger partial charge in [-0.1, -0.05) is 6.42 Å². The highest BCUT2D eigenvalue weighted by Crippen LogP contribution is 2.38. The van der Waals surface area contributed by atoms with Crippen molar-refractivity contribution in [2.45, 2.75) is 32.2 Å². The van der Waals surface area contributed by atoms with Crippen LogP contribution in [0.5, 0.6) is 0 Å². The van der Waals surface area contributed by atoms with E-state index in [1.165, 1.54) is 18.2 Å². The van der Waals surface area contributed by atoms with Crippen LogP contribution in [0.25, 0.3) is 0 Å². The van der Waals surface area contributed by atoms with E-state index in [4.69, 9.17) is 0 Å². The molecular formula is C14H15BrFNO3. The minimum Gasteiger partial charge on any atom is -0.481 e. The Bertz CT molecular complexity index is 563. The van der Waals surface area contributed by atoms with Crippen molar-refractivity contribution in [3.63, 3.8) is 0 Å². The molecule has 0 saturated heterocycles. The molecule has 2 N–H and O–H groups in total. The van der Waals surface area contributed by atoms with Gasteiger partial charge in [0.05, 0.1) is 9.89 Å². The summed E-state index contributed by atoms with van der Waals surface area (Å²) in [6, 6.07) is 3.56. The topological polar surface area (TPSA) is 66.4 Å². The second-order valence-electron chi connectivity index (χ2n) is 5.27. The number of aliphatic carboxylic acids is 1. The van der Waals surface area contributed by atoms with Crippen LogP contribution in [0, 0.1) is 11.2 Å². The molecule has 2 rings (SSSR count). The van der Waals surface area contributed by atoms with E-state index in [0.29, 0.717) is 18.4 Å². The molecule has 1 saturated carbocycles. The zero-order valence-electron chi connectivity index (χ0n) is 11.0. The van der Waals surface area contributed by atoms with Crippen LogP contribution in [-0.2, 0) is 4.79 Å². The average molecular weight is 344 g/mol. The number of halogens is 2. The second-order valence-corrected chi connectivity index (χ2v) is 6.12. The zero-order valence-corrected chi connectivity index (χ0v) is 12.5. The van der Waals surface area contributed by atoms with Gasteiger partial charge in [0.1, 0.15) is 5.82 Å². The molecule has 20 heavy (non-hydrogen) atoms. The van der Waals surface area contributed by atoms with Crippen molar-refractivity contribution in [1.82, 2.24) is 5.32 Å². The Morgan fingerprint density at radius 3 is 2.80 bits per heavy atom. The summed E-state index contributed by atoms with van der Waals surface area (Å²) in [6.07, 6.45) is 1.94. The van der Waals surface area contributed by atoms with Crippen molar-refractivity contribution in [2.24, 2.45) is 5.41 Å². The number of hydrogen-bond acceptors (Lipinski definition) is 2. The Hall–Kier alpha value is -1.43. The number of carbonyl (C=O) groups is 2. The third-order valence-electron chi connectivity index (χ3n) is 3.93. The summed E-state index contributed by atoms with van der Waals surface area (Å²) < 4.78 is 13.3. The first-order chi connectivity index (χ1) is 9.34. The first kappa shape index (κ1) is 15.0. The molecule has 4 nitrogen and oxygen atoms in total. The number of rotatable bonds is 3. The fraction of sp³-hybridized carbons (Fsp3) is 0.429. The molecular weight excluding hydrogens is 329 g/mol. The summed E-state index contributed by atoms with van der Waals surface area (Å²) in [5.41, 5.74) is -0.634. The van der Waals surface area contributed by atoms with Crippen LogP contribution >= 0.6 is 15.9 Å². The van der Waals surface area contributed by atoms with Gasteiger partial charge in [0.2, 0.25) is 0 Å². The summed E-state index contributed by atoms with van der Waals surface area (Å²) in [6.45, 7) is 1.65. The van der Waals surface area contributed by atoms with E-state index in [2.05, 4.69) is 21.2 Å². The van der Waals surface area contributed by atoms with Crippen LogP contribution in [0.4, 0.5) is 4.39 Å². The van der Waals surface area contributed by atoms with E-state index in [0.717, 1.165) is 6.42 Å². The van der Waals surface area contributed by atoms with Crippen LogP contribution in [0.1, 0.15) is 36.5 Å². The molecule has 0 aromatic heterocycles. The predicted octanol–water partition coefficient (Wildman–Crippen LogP) is 2.96. The van der Waals surface area contributed by atoms with E-state index in [9.17, 15) is 19.1 Å². The summed E-state index contributed by atoms with van der Waals surface area (Å²) in [7, 11) is 0. The summed E-state index contributed by atoms with van der Waals surface area (Å²) >= 11 is 3.02. The Morgan fingerprint density at radius 2 is 2.20 bits per heavy atom. The van der Waals surface area contributed by atoms with Gasteiger partial charge in [-0.05, 0) is 53.9 Å². The van der Waals surface area contributed by atoms with Crippen molar-refractivity contribution in [3.05, 3.63) is 34.1 Å². The van der Waals surface area contributed by atoms with E-state index in [-0.39, 0.29) is 10.4 Å². The molecule has 1 aromatic rings. The van der Waals surface area contributed by atoms with Crippen LogP contribution in [-0.4, -0.2) is 23.0 Å². The highest BCUT2D eigenvalue weighted by Gasteiger charge is 2.45.